The van der Waals surface area contributed by atoms with Crippen LogP contribution in [0.1, 0.15) is 91.9 Å². The van der Waals surface area contributed by atoms with Crippen molar-refractivity contribution in [2.75, 3.05) is 6.61 Å². The van der Waals surface area contributed by atoms with Crippen LogP contribution in [0.4, 0.5) is 0 Å². The lowest BCUT2D eigenvalue weighted by Gasteiger charge is -2.62. The van der Waals surface area contributed by atoms with Gasteiger partial charge in [-0.05, 0) is 104 Å². The van der Waals surface area contributed by atoms with Gasteiger partial charge < -0.3 is 9.84 Å². The lowest BCUT2D eigenvalue weighted by Crippen LogP contribution is -2.58. The Bertz CT molecular complexity index is 673. The topological polar surface area (TPSA) is 46.5 Å². The molecule has 31 heavy (non-hydrogen) atoms. The van der Waals surface area contributed by atoms with E-state index in [1.807, 2.05) is 0 Å². The number of aliphatic hydroxyl groups excluding tert-OH is 1. The first kappa shape index (κ1) is 23.3. The number of rotatable bonds is 6. The number of hydrogen-bond donors (Lipinski definition) is 1. The molecule has 1 unspecified atom stereocenters. The molecule has 0 radical (unpaired) electrons. The molecule has 0 spiro atoms. The first-order valence-corrected chi connectivity index (χ1v) is 13.2. The molecule has 4 fully saturated rings. The van der Waals surface area contributed by atoms with Crippen molar-refractivity contribution in [2.45, 2.75) is 98.0 Å². The van der Waals surface area contributed by atoms with E-state index in [-0.39, 0.29) is 17.5 Å². The fourth-order valence-corrected chi connectivity index (χ4v) is 9.17. The maximum absolute atomic E-state index is 12.0. The maximum Gasteiger partial charge on any atom is 0.306 e. The summed E-state index contributed by atoms with van der Waals surface area (Å²) in [6, 6.07) is 0. The van der Waals surface area contributed by atoms with Gasteiger partial charge in [-0.2, -0.15) is 0 Å². The van der Waals surface area contributed by atoms with Crippen LogP contribution in [-0.4, -0.2) is 23.8 Å². The molecule has 0 heterocycles. The molecule has 1 N–H and O–H groups in total. The summed E-state index contributed by atoms with van der Waals surface area (Å²) < 4.78 is 5.19. The molecule has 4 saturated carbocycles. The Kier molecular flexibility index (Phi) is 6.65. The second kappa shape index (κ2) is 8.84. The predicted octanol–water partition coefficient (Wildman–Crippen LogP) is 6.40. The molecule has 4 rings (SSSR count). The van der Waals surface area contributed by atoms with Gasteiger partial charge in [0.1, 0.15) is 6.61 Å². The third kappa shape index (κ3) is 3.91. The molecule has 0 saturated heterocycles. The SMILES string of the molecule is C=CCOC(=O)CC[C@@H](C)C1CC[C@H]2[C@@H]3CC[C@@H]4C[C@H](C)CC[C@]4(C)[C@H]3C[C@H](O)[C@]12C. The molecule has 3 heteroatoms. The van der Waals surface area contributed by atoms with Crippen LogP contribution < -0.4 is 0 Å². The van der Waals surface area contributed by atoms with Gasteiger partial charge in [-0.15, -0.1) is 0 Å². The first-order valence-electron chi connectivity index (χ1n) is 13.2. The Balaban J connectivity index is 1.47. The number of esters is 1. The lowest BCUT2D eigenvalue weighted by molar-refractivity contribution is -0.171. The quantitative estimate of drug-likeness (QED) is 0.392. The van der Waals surface area contributed by atoms with Crippen LogP contribution in [-0.2, 0) is 9.53 Å². The Morgan fingerprint density at radius 2 is 1.94 bits per heavy atom. The molecule has 4 aliphatic carbocycles. The molecule has 0 aromatic heterocycles. The number of carbonyl (C=O) groups excluding carboxylic acids is 1. The zero-order valence-corrected chi connectivity index (χ0v) is 20.4. The van der Waals surface area contributed by atoms with E-state index in [0.717, 1.165) is 30.6 Å². The van der Waals surface area contributed by atoms with Gasteiger partial charge in [0, 0.05) is 6.42 Å². The highest BCUT2D eigenvalue weighted by molar-refractivity contribution is 5.69. The largest absolute Gasteiger partial charge is 0.461 e. The molecule has 0 bridgehead atoms. The van der Waals surface area contributed by atoms with Gasteiger partial charge in [-0.3, -0.25) is 4.79 Å². The van der Waals surface area contributed by atoms with Gasteiger partial charge in [0.05, 0.1) is 6.10 Å². The van der Waals surface area contributed by atoms with E-state index < -0.39 is 0 Å². The third-order valence-corrected chi connectivity index (χ3v) is 11.0. The van der Waals surface area contributed by atoms with Crippen molar-refractivity contribution in [1.82, 2.24) is 0 Å². The van der Waals surface area contributed by atoms with Crippen molar-refractivity contribution in [2.24, 2.45) is 52.3 Å². The van der Waals surface area contributed by atoms with Gasteiger partial charge in [-0.1, -0.05) is 46.8 Å². The summed E-state index contributed by atoms with van der Waals surface area (Å²) in [5.41, 5.74) is 0.451. The summed E-state index contributed by atoms with van der Waals surface area (Å²) in [6.07, 6.45) is 13.2. The van der Waals surface area contributed by atoms with Crippen molar-refractivity contribution in [3.63, 3.8) is 0 Å². The summed E-state index contributed by atoms with van der Waals surface area (Å²) in [5, 5.41) is 11.6. The minimum absolute atomic E-state index is 0.0107. The normalized spacial score (nSPS) is 47.6. The van der Waals surface area contributed by atoms with Gasteiger partial charge in [0.15, 0.2) is 0 Å². The van der Waals surface area contributed by atoms with Crippen LogP contribution in [0.25, 0.3) is 0 Å². The van der Waals surface area contributed by atoms with Crippen molar-refractivity contribution < 1.29 is 14.6 Å². The minimum Gasteiger partial charge on any atom is -0.461 e. The number of carbonyl (C=O) groups is 1. The zero-order chi connectivity index (χ0) is 22.4. The molecule has 176 valence electrons. The summed E-state index contributed by atoms with van der Waals surface area (Å²) >= 11 is 0. The van der Waals surface area contributed by atoms with Gasteiger partial charge >= 0.3 is 5.97 Å². The van der Waals surface area contributed by atoms with Crippen molar-refractivity contribution in [3.05, 3.63) is 12.7 Å². The highest BCUT2D eigenvalue weighted by Gasteiger charge is 2.63. The van der Waals surface area contributed by atoms with E-state index >= 15 is 0 Å². The smallest absolute Gasteiger partial charge is 0.306 e. The minimum atomic E-state index is -0.198. The second-order valence-electron chi connectivity index (χ2n) is 12.3. The summed E-state index contributed by atoms with van der Waals surface area (Å²) in [5.74, 6) is 4.73. The Hall–Kier alpha value is -0.830. The number of ether oxygens (including phenoxy) is 1. The highest BCUT2D eigenvalue weighted by atomic mass is 16.5. The zero-order valence-electron chi connectivity index (χ0n) is 20.4. The molecule has 0 amide bonds. The lowest BCUT2D eigenvalue weighted by atomic mass is 9.43. The fraction of sp³-hybridized carbons (Fsp3) is 0.893. The highest BCUT2D eigenvalue weighted by Crippen LogP contribution is 2.68. The molecule has 3 nitrogen and oxygen atoms in total. The van der Waals surface area contributed by atoms with Crippen LogP contribution in [0, 0.1) is 52.3 Å². The molecule has 4 aliphatic rings. The fourth-order valence-electron chi connectivity index (χ4n) is 9.17. The summed E-state index contributed by atoms with van der Waals surface area (Å²) in [6.45, 7) is 13.6. The van der Waals surface area contributed by atoms with Crippen molar-refractivity contribution in [1.29, 1.82) is 0 Å². The number of fused-ring (bicyclic) bond motifs is 5. The van der Waals surface area contributed by atoms with Crippen molar-refractivity contribution in [3.8, 4) is 0 Å². The Morgan fingerprint density at radius 1 is 1.16 bits per heavy atom. The standard InChI is InChI=1S/C28H46O3/c1-6-15-31-26(30)12-7-19(3)22-10-11-23-21-9-8-20-16-18(2)13-14-27(20,4)24(21)17-25(29)28(22,23)5/h6,18-25,29H,1,7-17H2,2-5H3/t18-,19-,20-,21+,22?,23+,24+,25+,27+,28-/m1/s1. The molecule has 0 aromatic rings. The second-order valence-corrected chi connectivity index (χ2v) is 12.3. The Morgan fingerprint density at radius 3 is 2.68 bits per heavy atom. The summed E-state index contributed by atoms with van der Waals surface area (Å²) in [4.78, 5) is 12.0. The van der Waals surface area contributed by atoms with Gasteiger partial charge in [0.2, 0.25) is 0 Å². The van der Waals surface area contributed by atoms with E-state index in [2.05, 4.69) is 34.3 Å². The number of hydrogen-bond acceptors (Lipinski definition) is 3. The van der Waals surface area contributed by atoms with E-state index in [1.54, 1.807) is 6.08 Å². The number of aliphatic hydroxyl groups is 1. The van der Waals surface area contributed by atoms with E-state index in [0.29, 0.717) is 42.1 Å². The third-order valence-electron chi connectivity index (χ3n) is 11.0. The average Bonchev–Trinajstić information content (AvgIpc) is 3.10. The van der Waals surface area contributed by atoms with E-state index in [9.17, 15) is 9.90 Å². The van der Waals surface area contributed by atoms with E-state index in [4.69, 9.17) is 4.74 Å². The molecule has 10 atom stereocenters. The predicted molar refractivity (Wildman–Crippen MR) is 125 cm³/mol. The van der Waals surface area contributed by atoms with Crippen molar-refractivity contribution >= 4 is 5.97 Å². The van der Waals surface area contributed by atoms with Crippen LogP contribution in [0.5, 0.6) is 0 Å². The monoisotopic (exact) mass is 430 g/mol. The summed E-state index contributed by atoms with van der Waals surface area (Å²) in [7, 11) is 0. The average molecular weight is 431 g/mol. The molecule has 0 aliphatic heterocycles. The molecule has 0 aromatic carbocycles. The van der Waals surface area contributed by atoms with Crippen LogP contribution in [0.3, 0.4) is 0 Å². The first-order chi connectivity index (χ1) is 14.7. The van der Waals surface area contributed by atoms with Crippen LogP contribution in [0.2, 0.25) is 0 Å². The molecular weight excluding hydrogens is 384 g/mol. The van der Waals surface area contributed by atoms with Gasteiger partial charge in [-0.25, -0.2) is 0 Å². The molecular formula is C28H46O3. The maximum atomic E-state index is 12.0. The van der Waals surface area contributed by atoms with Crippen LogP contribution in [0.15, 0.2) is 12.7 Å². The Labute approximate surface area is 190 Å². The van der Waals surface area contributed by atoms with Crippen LogP contribution >= 0.6 is 0 Å². The van der Waals surface area contributed by atoms with E-state index in [1.165, 1.54) is 44.9 Å². The van der Waals surface area contributed by atoms with Gasteiger partial charge in [0.25, 0.3) is 0 Å².